The Morgan fingerprint density at radius 1 is 1.56 bits per heavy atom. The van der Waals surface area contributed by atoms with E-state index in [1.54, 1.807) is 11.3 Å². The van der Waals surface area contributed by atoms with Gasteiger partial charge in [-0.15, -0.1) is 11.3 Å². The molecule has 0 bridgehead atoms. The molecule has 0 aliphatic carbocycles. The zero-order valence-electron chi connectivity index (χ0n) is 10.3. The van der Waals surface area contributed by atoms with E-state index in [1.165, 1.54) is 0 Å². The van der Waals surface area contributed by atoms with Crippen LogP contribution in [0, 0.1) is 6.92 Å². The van der Waals surface area contributed by atoms with Crippen molar-refractivity contribution >= 4 is 27.2 Å². The van der Waals surface area contributed by atoms with Gasteiger partial charge in [-0.2, -0.15) is 0 Å². The third-order valence-electron chi connectivity index (χ3n) is 3.08. The molecule has 1 unspecified atom stereocenters. The molecule has 1 aliphatic rings. The summed E-state index contributed by atoms with van der Waals surface area (Å²) >= 11 is 1.65. The van der Waals surface area contributed by atoms with E-state index in [-0.39, 0.29) is 6.10 Å². The molecule has 1 atom stereocenters. The van der Waals surface area contributed by atoms with E-state index >= 15 is 0 Å². The van der Waals surface area contributed by atoms with Crippen LogP contribution in [0.5, 0.6) is 5.75 Å². The molecular weight excluding hydrogens is 248 g/mol. The number of nitrogen functional groups attached to an aromatic ring is 1. The van der Waals surface area contributed by atoms with Crippen molar-refractivity contribution in [2.75, 3.05) is 18.9 Å². The van der Waals surface area contributed by atoms with Gasteiger partial charge in [-0.25, -0.2) is 4.98 Å². The molecule has 1 aromatic carbocycles. The standard InChI is InChI=1S/C13H16N2O2S/c1-8-15-11-6-12(10(14)5-13(11)18-8)17-7-9-3-2-4-16-9/h5-6,9H,2-4,7,14H2,1H3. The zero-order valence-corrected chi connectivity index (χ0v) is 11.1. The van der Waals surface area contributed by atoms with E-state index in [1.807, 2.05) is 19.1 Å². The number of fused-ring (bicyclic) bond motifs is 1. The Kier molecular flexibility index (Phi) is 3.09. The molecule has 4 nitrogen and oxygen atoms in total. The number of hydrogen-bond acceptors (Lipinski definition) is 5. The number of hydrogen-bond donors (Lipinski definition) is 1. The summed E-state index contributed by atoms with van der Waals surface area (Å²) in [6.45, 7) is 3.40. The van der Waals surface area contributed by atoms with Crippen molar-refractivity contribution < 1.29 is 9.47 Å². The molecule has 1 aliphatic heterocycles. The molecule has 96 valence electrons. The van der Waals surface area contributed by atoms with Crippen LogP contribution in [0.25, 0.3) is 10.2 Å². The molecule has 2 heterocycles. The first kappa shape index (κ1) is 11.7. The molecule has 0 saturated carbocycles. The van der Waals surface area contributed by atoms with Gasteiger partial charge in [-0.05, 0) is 25.8 Å². The van der Waals surface area contributed by atoms with Crippen LogP contribution in [0.4, 0.5) is 5.69 Å². The van der Waals surface area contributed by atoms with E-state index < -0.39 is 0 Å². The van der Waals surface area contributed by atoms with Crippen LogP contribution in [0.1, 0.15) is 17.8 Å². The molecule has 1 saturated heterocycles. The second kappa shape index (κ2) is 4.74. The number of ether oxygens (including phenoxy) is 2. The maximum atomic E-state index is 5.99. The highest BCUT2D eigenvalue weighted by atomic mass is 32.1. The van der Waals surface area contributed by atoms with Gasteiger partial charge in [0, 0.05) is 12.7 Å². The van der Waals surface area contributed by atoms with Gasteiger partial charge in [0.2, 0.25) is 0 Å². The fourth-order valence-corrected chi connectivity index (χ4v) is 3.03. The Hall–Kier alpha value is -1.33. The number of benzene rings is 1. The van der Waals surface area contributed by atoms with Crippen LogP contribution in [0.3, 0.4) is 0 Å². The fourth-order valence-electron chi connectivity index (χ4n) is 2.17. The lowest BCUT2D eigenvalue weighted by molar-refractivity contribution is 0.0682. The first-order chi connectivity index (χ1) is 8.72. The lowest BCUT2D eigenvalue weighted by atomic mass is 10.2. The minimum Gasteiger partial charge on any atom is -0.489 e. The summed E-state index contributed by atoms with van der Waals surface area (Å²) in [6.07, 6.45) is 2.39. The van der Waals surface area contributed by atoms with Gasteiger partial charge in [-0.3, -0.25) is 0 Å². The smallest absolute Gasteiger partial charge is 0.144 e. The van der Waals surface area contributed by atoms with Gasteiger partial charge in [0.15, 0.2) is 0 Å². The van der Waals surface area contributed by atoms with E-state index in [9.17, 15) is 0 Å². The van der Waals surface area contributed by atoms with Crippen molar-refractivity contribution in [3.05, 3.63) is 17.1 Å². The lowest BCUT2D eigenvalue weighted by Gasteiger charge is -2.12. The highest BCUT2D eigenvalue weighted by Gasteiger charge is 2.17. The number of nitrogens with two attached hydrogens (primary N) is 1. The van der Waals surface area contributed by atoms with E-state index in [2.05, 4.69) is 4.98 Å². The molecule has 2 N–H and O–H groups in total. The lowest BCUT2D eigenvalue weighted by Crippen LogP contribution is -2.16. The summed E-state index contributed by atoms with van der Waals surface area (Å²) in [4.78, 5) is 4.45. The van der Waals surface area contributed by atoms with Crippen molar-refractivity contribution in [2.24, 2.45) is 0 Å². The van der Waals surface area contributed by atoms with Gasteiger partial charge in [0.25, 0.3) is 0 Å². The van der Waals surface area contributed by atoms with Crippen molar-refractivity contribution in [3.8, 4) is 5.75 Å². The van der Waals surface area contributed by atoms with Crippen LogP contribution < -0.4 is 10.5 Å². The molecule has 2 aromatic rings. The molecule has 3 rings (SSSR count). The number of nitrogens with zero attached hydrogens (tertiary/aromatic N) is 1. The maximum Gasteiger partial charge on any atom is 0.144 e. The Morgan fingerprint density at radius 2 is 2.44 bits per heavy atom. The number of aromatic nitrogens is 1. The SMILES string of the molecule is Cc1nc2cc(OCC3CCCO3)c(N)cc2s1. The Labute approximate surface area is 110 Å². The fraction of sp³-hybridized carbons (Fsp3) is 0.462. The Balaban J connectivity index is 1.79. The Bertz CT molecular complexity index is 561. The summed E-state index contributed by atoms with van der Waals surface area (Å²) in [6, 6.07) is 3.86. The average molecular weight is 264 g/mol. The third kappa shape index (κ3) is 2.28. The highest BCUT2D eigenvalue weighted by molar-refractivity contribution is 7.18. The van der Waals surface area contributed by atoms with Gasteiger partial charge in [0.05, 0.1) is 27.0 Å². The maximum absolute atomic E-state index is 5.99. The second-order valence-electron chi connectivity index (χ2n) is 4.54. The quantitative estimate of drug-likeness (QED) is 0.866. The minimum absolute atomic E-state index is 0.206. The van der Waals surface area contributed by atoms with Gasteiger partial charge in [0.1, 0.15) is 12.4 Å². The van der Waals surface area contributed by atoms with Crippen molar-refractivity contribution in [2.45, 2.75) is 25.9 Å². The van der Waals surface area contributed by atoms with Gasteiger partial charge >= 0.3 is 0 Å². The molecule has 1 aromatic heterocycles. The van der Waals surface area contributed by atoms with Gasteiger partial charge in [-0.1, -0.05) is 0 Å². The molecule has 18 heavy (non-hydrogen) atoms. The van der Waals surface area contributed by atoms with Crippen LogP contribution >= 0.6 is 11.3 Å². The monoisotopic (exact) mass is 264 g/mol. The molecule has 5 heteroatoms. The molecule has 0 spiro atoms. The summed E-state index contributed by atoms with van der Waals surface area (Å²) < 4.78 is 12.4. The minimum atomic E-state index is 0.206. The second-order valence-corrected chi connectivity index (χ2v) is 5.77. The largest absolute Gasteiger partial charge is 0.489 e. The zero-order chi connectivity index (χ0) is 12.5. The molecular formula is C13H16N2O2S. The number of anilines is 1. The summed E-state index contributed by atoms with van der Waals surface area (Å²) in [7, 11) is 0. The van der Waals surface area contributed by atoms with E-state index in [4.69, 9.17) is 15.2 Å². The topological polar surface area (TPSA) is 57.4 Å². The summed E-state index contributed by atoms with van der Waals surface area (Å²) in [5.74, 6) is 0.711. The number of thiazole rings is 1. The number of aryl methyl sites for hydroxylation is 1. The molecule has 0 radical (unpaired) electrons. The Morgan fingerprint density at radius 3 is 3.22 bits per heavy atom. The van der Waals surface area contributed by atoms with Crippen molar-refractivity contribution in [1.29, 1.82) is 0 Å². The van der Waals surface area contributed by atoms with Crippen molar-refractivity contribution in [1.82, 2.24) is 4.98 Å². The predicted molar refractivity (Wildman–Crippen MR) is 73.2 cm³/mol. The molecule has 1 fully saturated rings. The highest BCUT2D eigenvalue weighted by Crippen LogP contribution is 2.31. The van der Waals surface area contributed by atoms with Crippen LogP contribution in [0.2, 0.25) is 0 Å². The van der Waals surface area contributed by atoms with Crippen LogP contribution in [-0.2, 0) is 4.74 Å². The summed E-state index contributed by atoms with van der Waals surface area (Å²) in [5, 5.41) is 1.04. The van der Waals surface area contributed by atoms with Crippen LogP contribution in [0.15, 0.2) is 12.1 Å². The van der Waals surface area contributed by atoms with Crippen LogP contribution in [-0.4, -0.2) is 24.3 Å². The first-order valence-corrected chi connectivity index (χ1v) is 6.95. The predicted octanol–water partition coefficient (Wildman–Crippen LogP) is 2.74. The normalized spacial score (nSPS) is 19.5. The van der Waals surface area contributed by atoms with E-state index in [0.29, 0.717) is 18.0 Å². The average Bonchev–Trinajstić information content (AvgIpc) is 2.94. The van der Waals surface area contributed by atoms with Gasteiger partial charge < -0.3 is 15.2 Å². The summed E-state index contributed by atoms with van der Waals surface area (Å²) in [5.41, 5.74) is 7.62. The molecule has 0 amide bonds. The third-order valence-corrected chi connectivity index (χ3v) is 4.01. The van der Waals surface area contributed by atoms with Crippen molar-refractivity contribution in [3.63, 3.8) is 0 Å². The first-order valence-electron chi connectivity index (χ1n) is 6.13. The van der Waals surface area contributed by atoms with E-state index in [0.717, 1.165) is 34.7 Å². The number of rotatable bonds is 3.